The van der Waals surface area contributed by atoms with E-state index in [1.165, 1.54) is 40.8 Å². The van der Waals surface area contributed by atoms with E-state index < -0.39 is 0 Å². The Morgan fingerprint density at radius 2 is 1.67 bits per heavy atom. The number of hydrogen-bond donors (Lipinski definition) is 1. The van der Waals surface area contributed by atoms with Crippen molar-refractivity contribution in [2.24, 2.45) is 0 Å². The average Bonchev–Trinajstić information content (AvgIpc) is 2.67. The zero-order valence-corrected chi connectivity index (χ0v) is 17.9. The Labute approximate surface area is 166 Å². The number of hydrogen-bond acceptors (Lipinski definition) is 2. The van der Waals surface area contributed by atoms with Gasteiger partial charge < -0.3 is 10.2 Å². The highest BCUT2D eigenvalue weighted by Gasteiger charge is 2.37. The van der Waals surface area contributed by atoms with Crippen LogP contribution < -0.4 is 5.32 Å². The molecule has 2 nitrogen and oxygen atoms in total. The number of allylic oxidation sites excluding steroid dienone is 4. The molecular formula is C25H36N2. The van der Waals surface area contributed by atoms with Crippen LogP contribution in [0.4, 0.5) is 0 Å². The van der Waals surface area contributed by atoms with Crippen molar-refractivity contribution in [3.05, 3.63) is 65.4 Å². The number of nitrogens with zero attached hydrogens (tertiary/aromatic N) is 1. The SMILES string of the molecule is C=C/C(=C\C(=C/C)N1CCNCC1)c1ccc2c(c1)C(C)(C)CCC2(C)C. The second kappa shape index (κ2) is 7.67. The molecule has 0 spiro atoms. The lowest BCUT2D eigenvalue weighted by Gasteiger charge is -2.42. The van der Waals surface area contributed by atoms with Gasteiger partial charge in [0.1, 0.15) is 0 Å². The maximum Gasteiger partial charge on any atom is 0.0329 e. The Balaban J connectivity index is 2.00. The van der Waals surface area contributed by atoms with Crippen molar-refractivity contribution >= 4 is 5.57 Å². The maximum absolute atomic E-state index is 4.12. The van der Waals surface area contributed by atoms with Gasteiger partial charge >= 0.3 is 0 Å². The van der Waals surface area contributed by atoms with Gasteiger partial charge in [-0.3, -0.25) is 0 Å². The molecule has 1 aliphatic carbocycles. The summed E-state index contributed by atoms with van der Waals surface area (Å²) in [5, 5.41) is 3.43. The summed E-state index contributed by atoms with van der Waals surface area (Å²) < 4.78 is 0. The fourth-order valence-corrected chi connectivity index (χ4v) is 4.47. The minimum absolute atomic E-state index is 0.231. The van der Waals surface area contributed by atoms with E-state index in [-0.39, 0.29) is 10.8 Å². The minimum atomic E-state index is 0.231. The average molecular weight is 365 g/mol. The summed E-state index contributed by atoms with van der Waals surface area (Å²) in [6, 6.07) is 7.08. The second-order valence-electron chi connectivity index (χ2n) is 9.28. The third kappa shape index (κ3) is 4.06. The molecule has 1 heterocycles. The molecule has 1 fully saturated rings. The summed E-state index contributed by atoms with van der Waals surface area (Å²) in [6.07, 6.45) is 9.03. The van der Waals surface area contributed by atoms with Crippen LogP contribution in [-0.2, 0) is 10.8 Å². The topological polar surface area (TPSA) is 15.3 Å². The van der Waals surface area contributed by atoms with Crippen LogP contribution in [0.1, 0.15) is 64.2 Å². The first-order valence-electron chi connectivity index (χ1n) is 10.4. The highest BCUT2D eigenvalue weighted by atomic mass is 15.2. The molecule has 0 amide bonds. The Hall–Kier alpha value is -1.80. The highest BCUT2D eigenvalue weighted by Crippen LogP contribution is 2.46. The number of nitrogens with one attached hydrogen (secondary N) is 1. The molecule has 27 heavy (non-hydrogen) atoms. The van der Waals surface area contributed by atoms with Gasteiger partial charge in [0.15, 0.2) is 0 Å². The van der Waals surface area contributed by atoms with Crippen molar-refractivity contribution in [3.63, 3.8) is 0 Å². The molecule has 3 rings (SSSR count). The molecule has 0 bridgehead atoms. The van der Waals surface area contributed by atoms with E-state index >= 15 is 0 Å². The lowest BCUT2D eigenvalue weighted by Crippen LogP contribution is -2.42. The second-order valence-corrected chi connectivity index (χ2v) is 9.28. The van der Waals surface area contributed by atoms with Crippen LogP contribution in [0.15, 0.2) is 48.7 Å². The first-order chi connectivity index (χ1) is 12.8. The minimum Gasteiger partial charge on any atom is -0.369 e. The Morgan fingerprint density at radius 3 is 2.26 bits per heavy atom. The largest absolute Gasteiger partial charge is 0.369 e. The lowest BCUT2D eigenvalue weighted by atomic mass is 9.63. The normalized spacial score (nSPS) is 22.3. The van der Waals surface area contributed by atoms with Gasteiger partial charge in [0, 0.05) is 31.9 Å². The zero-order chi connectivity index (χ0) is 19.7. The molecule has 0 saturated carbocycles. The number of fused-ring (bicyclic) bond motifs is 1. The fraction of sp³-hybridized carbons (Fsp3) is 0.520. The van der Waals surface area contributed by atoms with Crippen LogP contribution in [-0.4, -0.2) is 31.1 Å². The van der Waals surface area contributed by atoms with Gasteiger partial charge in [0.05, 0.1) is 0 Å². The number of piperazine rings is 1. The van der Waals surface area contributed by atoms with Crippen molar-refractivity contribution in [3.8, 4) is 0 Å². The molecule has 1 aliphatic heterocycles. The predicted molar refractivity (Wildman–Crippen MR) is 118 cm³/mol. The highest BCUT2D eigenvalue weighted by molar-refractivity contribution is 5.76. The third-order valence-electron chi connectivity index (χ3n) is 6.49. The summed E-state index contributed by atoms with van der Waals surface area (Å²) in [7, 11) is 0. The van der Waals surface area contributed by atoms with E-state index in [0.29, 0.717) is 0 Å². The summed E-state index contributed by atoms with van der Waals surface area (Å²) in [6.45, 7) is 20.0. The van der Waals surface area contributed by atoms with Crippen LogP contribution in [0.2, 0.25) is 0 Å². The van der Waals surface area contributed by atoms with Crippen LogP contribution in [0.5, 0.6) is 0 Å². The summed E-state index contributed by atoms with van der Waals surface area (Å²) in [5.74, 6) is 0. The van der Waals surface area contributed by atoms with Gasteiger partial charge in [-0.25, -0.2) is 0 Å². The summed E-state index contributed by atoms with van der Waals surface area (Å²) in [4.78, 5) is 2.46. The molecular weight excluding hydrogens is 328 g/mol. The van der Waals surface area contributed by atoms with Crippen molar-refractivity contribution in [2.45, 2.75) is 58.3 Å². The van der Waals surface area contributed by atoms with Crippen molar-refractivity contribution in [2.75, 3.05) is 26.2 Å². The van der Waals surface area contributed by atoms with Gasteiger partial charge in [-0.2, -0.15) is 0 Å². The standard InChI is InChI=1S/C25H36N2/c1-7-19(17-21(8-2)27-15-13-26-14-16-27)20-9-10-22-23(18-20)25(5,6)12-11-24(22,3)4/h7-10,17-18,26H,1,11-16H2,2-6H3/b19-17+,21-8+. The Morgan fingerprint density at radius 1 is 1.04 bits per heavy atom. The molecule has 1 N–H and O–H groups in total. The summed E-state index contributed by atoms with van der Waals surface area (Å²) >= 11 is 0. The fourth-order valence-electron chi connectivity index (χ4n) is 4.47. The van der Waals surface area contributed by atoms with Crippen molar-refractivity contribution in [1.82, 2.24) is 10.2 Å². The Kier molecular flexibility index (Phi) is 5.67. The zero-order valence-electron chi connectivity index (χ0n) is 17.9. The molecule has 1 saturated heterocycles. The first-order valence-corrected chi connectivity index (χ1v) is 10.4. The quantitative estimate of drug-likeness (QED) is 0.718. The molecule has 1 aromatic carbocycles. The van der Waals surface area contributed by atoms with E-state index in [2.05, 4.69) is 81.8 Å². The molecule has 0 radical (unpaired) electrons. The number of benzene rings is 1. The van der Waals surface area contributed by atoms with Gasteiger partial charge in [0.25, 0.3) is 0 Å². The molecule has 0 atom stereocenters. The maximum atomic E-state index is 4.12. The molecule has 146 valence electrons. The van der Waals surface area contributed by atoms with Crippen LogP contribution >= 0.6 is 0 Å². The van der Waals surface area contributed by atoms with Crippen LogP contribution in [0, 0.1) is 0 Å². The van der Waals surface area contributed by atoms with Gasteiger partial charge in [-0.05, 0) is 58.9 Å². The van der Waals surface area contributed by atoms with E-state index in [9.17, 15) is 0 Å². The van der Waals surface area contributed by atoms with E-state index in [1.54, 1.807) is 0 Å². The van der Waals surface area contributed by atoms with E-state index in [0.717, 1.165) is 26.2 Å². The molecule has 1 aromatic rings. The van der Waals surface area contributed by atoms with Gasteiger partial charge in [-0.1, -0.05) is 64.6 Å². The van der Waals surface area contributed by atoms with Crippen molar-refractivity contribution < 1.29 is 0 Å². The van der Waals surface area contributed by atoms with E-state index in [4.69, 9.17) is 0 Å². The van der Waals surface area contributed by atoms with Gasteiger partial charge in [0.2, 0.25) is 0 Å². The third-order valence-corrected chi connectivity index (χ3v) is 6.49. The predicted octanol–water partition coefficient (Wildman–Crippen LogP) is 5.41. The lowest BCUT2D eigenvalue weighted by molar-refractivity contribution is 0.307. The van der Waals surface area contributed by atoms with Gasteiger partial charge in [-0.15, -0.1) is 0 Å². The molecule has 2 aliphatic rings. The molecule has 0 unspecified atom stereocenters. The molecule has 0 aromatic heterocycles. The van der Waals surface area contributed by atoms with Crippen molar-refractivity contribution in [1.29, 1.82) is 0 Å². The van der Waals surface area contributed by atoms with Crippen LogP contribution in [0.25, 0.3) is 5.57 Å². The van der Waals surface area contributed by atoms with E-state index in [1.807, 2.05) is 6.08 Å². The summed E-state index contributed by atoms with van der Waals surface area (Å²) in [5.41, 5.74) is 7.30. The molecule has 2 heteroatoms. The van der Waals surface area contributed by atoms with Crippen LogP contribution in [0.3, 0.4) is 0 Å². The monoisotopic (exact) mass is 364 g/mol. The first kappa shape index (κ1) is 19.9. The smallest absolute Gasteiger partial charge is 0.0329 e. The Bertz CT molecular complexity index is 759. The number of rotatable bonds is 4.